The molecule has 0 saturated carbocycles. The molecule has 1 heteroatoms. The number of quaternary nitrogens is 1. The van der Waals surface area contributed by atoms with Crippen LogP contribution in [0.3, 0.4) is 0 Å². The van der Waals surface area contributed by atoms with Crippen LogP contribution in [0, 0.1) is 0 Å². The lowest BCUT2D eigenvalue weighted by molar-refractivity contribution is -0.923. The Morgan fingerprint density at radius 2 is 1.41 bits per heavy atom. The first-order chi connectivity index (χ1) is 8.26. The SMILES string of the molecule is CC[N+](CC)(CC)CCCCc1ccccc1. The van der Waals surface area contributed by atoms with Gasteiger partial charge in [-0.2, -0.15) is 0 Å². The predicted molar refractivity (Wildman–Crippen MR) is 76.1 cm³/mol. The van der Waals surface area contributed by atoms with E-state index < -0.39 is 0 Å². The van der Waals surface area contributed by atoms with Crippen LogP contribution in [0.15, 0.2) is 30.3 Å². The number of rotatable bonds is 8. The second-order valence-corrected chi connectivity index (χ2v) is 4.96. The Morgan fingerprint density at radius 3 is 1.94 bits per heavy atom. The smallest absolute Gasteiger partial charge is 0.0786 e. The van der Waals surface area contributed by atoms with Crippen LogP contribution in [0.5, 0.6) is 0 Å². The van der Waals surface area contributed by atoms with Crippen molar-refractivity contribution < 1.29 is 4.48 Å². The summed E-state index contributed by atoms with van der Waals surface area (Å²) in [6.45, 7) is 12.1. The Kier molecular flexibility index (Phi) is 6.28. The molecular weight excluding hydrogens is 206 g/mol. The molecule has 0 atom stereocenters. The van der Waals surface area contributed by atoms with Gasteiger partial charge in [-0.05, 0) is 45.6 Å². The lowest BCUT2D eigenvalue weighted by Crippen LogP contribution is -2.48. The summed E-state index contributed by atoms with van der Waals surface area (Å²) in [7, 11) is 0. The van der Waals surface area contributed by atoms with E-state index in [1.54, 1.807) is 0 Å². The zero-order valence-electron chi connectivity index (χ0n) is 11.8. The molecule has 96 valence electrons. The second kappa shape index (κ2) is 7.50. The fourth-order valence-corrected chi connectivity index (χ4v) is 2.57. The van der Waals surface area contributed by atoms with Gasteiger partial charge in [0.15, 0.2) is 0 Å². The van der Waals surface area contributed by atoms with Gasteiger partial charge in [-0.15, -0.1) is 0 Å². The maximum absolute atomic E-state index is 2.32. The topological polar surface area (TPSA) is 0 Å². The van der Waals surface area contributed by atoms with Crippen molar-refractivity contribution in [3.8, 4) is 0 Å². The summed E-state index contributed by atoms with van der Waals surface area (Å²) < 4.78 is 1.29. The minimum absolute atomic E-state index is 1.23. The average Bonchev–Trinajstić information content (AvgIpc) is 2.41. The Hall–Kier alpha value is -0.820. The molecule has 0 aliphatic heterocycles. The molecule has 0 spiro atoms. The first-order valence-corrected chi connectivity index (χ1v) is 7.15. The predicted octanol–water partition coefficient (Wildman–Crippen LogP) is 3.89. The molecule has 0 unspecified atom stereocenters. The Morgan fingerprint density at radius 1 is 0.824 bits per heavy atom. The van der Waals surface area contributed by atoms with Gasteiger partial charge < -0.3 is 4.48 Å². The molecule has 1 rings (SSSR count). The fraction of sp³-hybridized carbons (Fsp3) is 0.625. The third kappa shape index (κ3) is 4.51. The van der Waals surface area contributed by atoms with Gasteiger partial charge in [0.05, 0.1) is 26.2 Å². The molecule has 0 radical (unpaired) electrons. The minimum atomic E-state index is 1.23. The molecule has 0 amide bonds. The molecule has 1 nitrogen and oxygen atoms in total. The molecule has 0 aliphatic rings. The Labute approximate surface area is 107 Å². The molecular formula is C16H28N+. The highest BCUT2D eigenvalue weighted by molar-refractivity contribution is 5.14. The third-order valence-corrected chi connectivity index (χ3v) is 4.20. The van der Waals surface area contributed by atoms with E-state index in [2.05, 4.69) is 51.1 Å². The van der Waals surface area contributed by atoms with E-state index in [0.29, 0.717) is 0 Å². The normalized spacial score (nSPS) is 11.7. The first kappa shape index (κ1) is 14.2. The van der Waals surface area contributed by atoms with Crippen molar-refractivity contribution in [1.82, 2.24) is 0 Å². The number of aryl methyl sites for hydroxylation is 1. The van der Waals surface area contributed by atoms with Gasteiger partial charge in [-0.3, -0.25) is 0 Å². The van der Waals surface area contributed by atoms with Crippen LogP contribution < -0.4 is 0 Å². The largest absolute Gasteiger partial charge is 0.324 e. The summed E-state index contributed by atoms with van der Waals surface area (Å²) in [5.74, 6) is 0. The van der Waals surface area contributed by atoms with Gasteiger partial charge in [-0.1, -0.05) is 30.3 Å². The summed E-state index contributed by atoms with van der Waals surface area (Å²) in [5.41, 5.74) is 1.48. The van der Waals surface area contributed by atoms with E-state index in [1.807, 2.05) is 0 Å². The van der Waals surface area contributed by atoms with E-state index in [1.165, 1.54) is 55.5 Å². The number of hydrogen-bond acceptors (Lipinski definition) is 0. The van der Waals surface area contributed by atoms with Gasteiger partial charge in [0.25, 0.3) is 0 Å². The van der Waals surface area contributed by atoms with Gasteiger partial charge in [-0.25, -0.2) is 0 Å². The van der Waals surface area contributed by atoms with Gasteiger partial charge in [0.1, 0.15) is 0 Å². The molecule has 0 aliphatic carbocycles. The van der Waals surface area contributed by atoms with Crippen molar-refractivity contribution >= 4 is 0 Å². The van der Waals surface area contributed by atoms with Crippen LogP contribution >= 0.6 is 0 Å². The summed E-state index contributed by atoms with van der Waals surface area (Å²) in [6.07, 6.45) is 3.91. The maximum atomic E-state index is 2.32. The van der Waals surface area contributed by atoms with Crippen molar-refractivity contribution in [3.63, 3.8) is 0 Å². The molecule has 0 saturated heterocycles. The van der Waals surface area contributed by atoms with Crippen molar-refractivity contribution in [3.05, 3.63) is 35.9 Å². The summed E-state index contributed by atoms with van der Waals surface area (Å²) in [4.78, 5) is 0. The Balaban J connectivity index is 2.28. The van der Waals surface area contributed by atoms with Crippen LogP contribution in [0.1, 0.15) is 39.2 Å². The summed E-state index contributed by atoms with van der Waals surface area (Å²) in [5, 5.41) is 0. The molecule has 0 fully saturated rings. The molecule has 0 bridgehead atoms. The molecule has 17 heavy (non-hydrogen) atoms. The molecule has 1 aromatic carbocycles. The highest BCUT2D eigenvalue weighted by atomic mass is 15.3. The van der Waals surface area contributed by atoms with E-state index in [0.717, 1.165) is 0 Å². The fourth-order valence-electron chi connectivity index (χ4n) is 2.57. The molecule has 0 aromatic heterocycles. The minimum Gasteiger partial charge on any atom is -0.324 e. The lowest BCUT2D eigenvalue weighted by Gasteiger charge is -2.35. The number of benzene rings is 1. The highest BCUT2D eigenvalue weighted by Crippen LogP contribution is 2.11. The van der Waals surface area contributed by atoms with E-state index in [9.17, 15) is 0 Å². The van der Waals surface area contributed by atoms with E-state index in [4.69, 9.17) is 0 Å². The van der Waals surface area contributed by atoms with E-state index in [-0.39, 0.29) is 0 Å². The second-order valence-electron chi connectivity index (χ2n) is 4.96. The van der Waals surface area contributed by atoms with Crippen LogP contribution in [-0.4, -0.2) is 30.7 Å². The zero-order chi connectivity index (χ0) is 12.6. The molecule has 0 heterocycles. The van der Waals surface area contributed by atoms with Crippen molar-refractivity contribution in [2.45, 2.75) is 40.0 Å². The highest BCUT2D eigenvalue weighted by Gasteiger charge is 2.19. The molecule has 1 aromatic rings. The number of nitrogens with zero attached hydrogens (tertiary/aromatic N) is 1. The quantitative estimate of drug-likeness (QED) is 0.473. The summed E-state index contributed by atoms with van der Waals surface area (Å²) in [6, 6.07) is 10.8. The molecule has 0 N–H and O–H groups in total. The van der Waals surface area contributed by atoms with Crippen molar-refractivity contribution in [2.24, 2.45) is 0 Å². The monoisotopic (exact) mass is 234 g/mol. The summed E-state index contributed by atoms with van der Waals surface area (Å²) >= 11 is 0. The zero-order valence-corrected chi connectivity index (χ0v) is 11.8. The van der Waals surface area contributed by atoms with Gasteiger partial charge in [0.2, 0.25) is 0 Å². The number of unbranched alkanes of at least 4 members (excludes halogenated alkanes) is 1. The van der Waals surface area contributed by atoms with Crippen LogP contribution in [0.2, 0.25) is 0 Å². The van der Waals surface area contributed by atoms with Crippen molar-refractivity contribution in [1.29, 1.82) is 0 Å². The van der Waals surface area contributed by atoms with E-state index >= 15 is 0 Å². The first-order valence-electron chi connectivity index (χ1n) is 7.15. The maximum Gasteiger partial charge on any atom is 0.0786 e. The Bertz CT molecular complexity index is 279. The lowest BCUT2D eigenvalue weighted by atomic mass is 10.1. The van der Waals surface area contributed by atoms with Crippen LogP contribution in [-0.2, 0) is 6.42 Å². The van der Waals surface area contributed by atoms with Crippen molar-refractivity contribution in [2.75, 3.05) is 26.2 Å². The standard InChI is InChI=1S/C16H28N/c1-4-17(5-2,6-3)15-11-10-14-16-12-8-7-9-13-16/h7-9,12-13H,4-6,10-11,14-15H2,1-3H3/q+1. The van der Waals surface area contributed by atoms with Gasteiger partial charge >= 0.3 is 0 Å². The average molecular weight is 234 g/mol. The number of hydrogen-bond donors (Lipinski definition) is 0. The third-order valence-electron chi connectivity index (χ3n) is 4.20. The van der Waals surface area contributed by atoms with Crippen LogP contribution in [0.25, 0.3) is 0 Å². The van der Waals surface area contributed by atoms with Gasteiger partial charge in [0, 0.05) is 0 Å². The van der Waals surface area contributed by atoms with Crippen LogP contribution in [0.4, 0.5) is 0 Å².